The highest BCUT2D eigenvalue weighted by molar-refractivity contribution is 6.12. The molecule has 0 aliphatic heterocycles. The Kier molecular flexibility index (Phi) is 7.74. The van der Waals surface area contributed by atoms with Gasteiger partial charge in [0, 0.05) is 43.6 Å². The maximum absolute atomic E-state index is 6.83. The highest BCUT2D eigenvalue weighted by atomic mass is 16.3. The van der Waals surface area contributed by atoms with Gasteiger partial charge in [-0.1, -0.05) is 152 Å². The number of para-hydroxylation sites is 3. The third-order valence-corrected chi connectivity index (χ3v) is 11.9. The summed E-state index contributed by atoms with van der Waals surface area (Å²) in [6.07, 6.45) is 0. The zero-order valence-corrected chi connectivity index (χ0v) is 33.5. The summed E-state index contributed by atoms with van der Waals surface area (Å²) in [7, 11) is 0. The van der Waals surface area contributed by atoms with Crippen molar-refractivity contribution in [3.63, 3.8) is 0 Å². The highest BCUT2D eigenvalue weighted by Crippen LogP contribution is 2.41. The molecule has 0 aliphatic rings. The molecule has 13 aromatic rings. The third-order valence-electron chi connectivity index (χ3n) is 11.9. The Hall–Kier alpha value is -8.75. The van der Waals surface area contributed by atoms with Crippen LogP contribution < -0.4 is 0 Å². The molecule has 5 aromatic heterocycles. The summed E-state index contributed by atoms with van der Waals surface area (Å²) in [5.41, 5.74) is 11.9. The molecule has 0 saturated carbocycles. The molecule has 0 unspecified atom stereocenters. The van der Waals surface area contributed by atoms with Crippen molar-refractivity contribution in [2.75, 3.05) is 0 Å². The molecule has 0 saturated heterocycles. The van der Waals surface area contributed by atoms with Crippen LogP contribution in [-0.2, 0) is 0 Å². The lowest BCUT2D eigenvalue weighted by atomic mass is 10.0. The first-order valence-electron chi connectivity index (χ1n) is 20.8. The predicted octanol–water partition coefficient (Wildman–Crippen LogP) is 13.9. The Morgan fingerprint density at radius 3 is 1.76 bits per heavy atom. The van der Waals surface area contributed by atoms with E-state index < -0.39 is 0 Å². The summed E-state index contributed by atoms with van der Waals surface area (Å²) in [5.74, 6) is 2.17. The highest BCUT2D eigenvalue weighted by Gasteiger charge is 2.23. The van der Waals surface area contributed by atoms with Crippen LogP contribution in [0.25, 0.3) is 128 Å². The van der Waals surface area contributed by atoms with Crippen LogP contribution in [0.4, 0.5) is 0 Å². The summed E-state index contributed by atoms with van der Waals surface area (Å²) in [6, 6.07) is 65.9. The molecule has 8 nitrogen and oxygen atoms in total. The molecule has 0 spiro atoms. The molecule has 0 bridgehead atoms. The van der Waals surface area contributed by atoms with Gasteiger partial charge in [0.15, 0.2) is 23.1 Å². The largest absolute Gasteiger partial charge is 0.455 e. The number of aromatic nitrogens is 6. The standard InChI is InChI=1S/C55H32N6O2/c1-4-15-33(16-5-1)36-27-29-39-38-21-10-12-25-44(38)61(45(39)31-36)55-59-52(35-19-8-3-9-20-35)58-53(60-55)37-28-30-40-41-23-14-24-43(50(41)63-47(40)32-37)54-56-48(34-17-6-2-7-18-34)51-49(57-54)42-22-11-13-26-46(42)62-51/h1-32H. The quantitative estimate of drug-likeness (QED) is 0.165. The second-order valence-electron chi connectivity index (χ2n) is 15.6. The SMILES string of the molecule is c1ccc(-c2ccc3c4ccccc4n(-c4nc(-c5ccccc5)nc(-c5ccc6c(c5)oc5c(-c7nc(-c8ccccc8)c8oc9ccccc9c8n7)cccc56)n4)c3c2)cc1. The molecular formula is C55H32N6O2. The van der Waals surface area contributed by atoms with Gasteiger partial charge in [-0.25, -0.2) is 15.0 Å². The Bertz CT molecular complexity index is 3910. The zero-order valence-electron chi connectivity index (χ0n) is 33.5. The number of benzene rings is 8. The van der Waals surface area contributed by atoms with E-state index in [1.165, 1.54) is 0 Å². The molecule has 0 fully saturated rings. The van der Waals surface area contributed by atoms with Crippen LogP contribution in [0.1, 0.15) is 0 Å². The van der Waals surface area contributed by atoms with Gasteiger partial charge in [-0.05, 0) is 53.6 Å². The summed E-state index contributed by atoms with van der Waals surface area (Å²) >= 11 is 0. The fourth-order valence-electron chi connectivity index (χ4n) is 8.92. The first kappa shape index (κ1) is 35.0. The summed E-state index contributed by atoms with van der Waals surface area (Å²) in [5, 5.41) is 5.08. The van der Waals surface area contributed by atoms with Gasteiger partial charge < -0.3 is 8.83 Å². The number of rotatable bonds is 6. The predicted molar refractivity (Wildman–Crippen MR) is 251 cm³/mol. The monoisotopic (exact) mass is 808 g/mol. The van der Waals surface area contributed by atoms with Crippen molar-refractivity contribution in [2.45, 2.75) is 0 Å². The Morgan fingerprint density at radius 2 is 0.952 bits per heavy atom. The normalized spacial score (nSPS) is 11.8. The zero-order chi connectivity index (χ0) is 41.4. The second-order valence-corrected chi connectivity index (χ2v) is 15.6. The van der Waals surface area contributed by atoms with Gasteiger partial charge in [-0.2, -0.15) is 9.97 Å². The van der Waals surface area contributed by atoms with E-state index in [-0.39, 0.29) is 0 Å². The number of nitrogens with zero attached hydrogens (tertiary/aromatic N) is 6. The average molecular weight is 809 g/mol. The lowest BCUT2D eigenvalue weighted by Gasteiger charge is -2.11. The maximum atomic E-state index is 6.83. The van der Waals surface area contributed by atoms with E-state index in [0.717, 1.165) is 88.1 Å². The molecular weight excluding hydrogens is 777 g/mol. The molecule has 63 heavy (non-hydrogen) atoms. The van der Waals surface area contributed by atoms with E-state index in [2.05, 4.69) is 89.5 Å². The fourth-order valence-corrected chi connectivity index (χ4v) is 8.92. The lowest BCUT2D eigenvalue weighted by molar-refractivity contribution is 0.666. The van der Waals surface area contributed by atoms with Crippen molar-refractivity contribution in [2.24, 2.45) is 0 Å². The van der Waals surface area contributed by atoms with Gasteiger partial charge in [0.05, 0.1) is 16.6 Å². The van der Waals surface area contributed by atoms with E-state index in [4.69, 9.17) is 33.8 Å². The first-order chi connectivity index (χ1) is 31.2. The van der Waals surface area contributed by atoms with Crippen molar-refractivity contribution in [1.29, 1.82) is 0 Å². The molecule has 8 aromatic carbocycles. The molecule has 8 heteroatoms. The maximum Gasteiger partial charge on any atom is 0.238 e. The van der Waals surface area contributed by atoms with Crippen LogP contribution >= 0.6 is 0 Å². The molecule has 13 rings (SSSR count). The van der Waals surface area contributed by atoms with Crippen molar-refractivity contribution >= 4 is 65.8 Å². The Morgan fingerprint density at radius 1 is 0.333 bits per heavy atom. The fraction of sp³-hybridized carbons (Fsp3) is 0. The van der Waals surface area contributed by atoms with Crippen molar-refractivity contribution in [1.82, 2.24) is 29.5 Å². The molecule has 0 aliphatic carbocycles. The summed E-state index contributed by atoms with van der Waals surface area (Å²) < 4.78 is 15.4. The number of hydrogen-bond donors (Lipinski definition) is 0. The topological polar surface area (TPSA) is 95.7 Å². The van der Waals surface area contributed by atoms with Crippen molar-refractivity contribution in [3.05, 3.63) is 194 Å². The molecule has 294 valence electrons. The number of fused-ring (bicyclic) bond motifs is 9. The smallest absolute Gasteiger partial charge is 0.238 e. The average Bonchev–Trinajstić information content (AvgIpc) is 4.03. The van der Waals surface area contributed by atoms with Gasteiger partial charge in [0.1, 0.15) is 28.0 Å². The second kappa shape index (κ2) is 13.9. The first-order valence-corrected chi connectivity index (χ1v) is 20.8. The molecule has 0 radical (unpaired) electrons. The minimum absolute atomic E-state index is 0.524. The van der Waals surface area contributed by atoms with Crippen LogP contribution in [0.2, 0.25) is 0 Å². The Labute approximate surface area is 359 Å². The van der Waals surface area contributed by atoms with E-state index in [1.807, 2.05) is 109 Å². The van der Waals surface area contributed by atoms with E-state index >= 15 is 0 Å². The number of furan rings is 2. The van der Waals surface area contributed by atoms with Crippen LogP contribution in [0.15, 0.2) is 203 Å². The summed E-state index contributed by atoms with van der Waals surface area (Å²) in [4.78, 5) is 25.9. The van der Waals surface area contributed by atoms with Crippen molar-refractivity contribution in [3.8, 4) is 62.5 Å². The third kappa shape index (κ3) is 5.66. The van der Waals surface area contributed by atoms with Crippen molar-refractivity contribution < 1.29 is 8.83 Å². The van der Waals surface area contributed by atoms with Gasteiger partial charge >= 0.3 is 0 Å². The molecule has 5 heterocycles. The van der Waals surface area contributed by atoms with Crippen LogP contribution in [-0.4, -0.2) is 29.5 Å². The van der Waals surface area contributed by atoms with Gasteiger partial charge in [0.25, 0.3) is 0 Å². The minimum Gasteiger partial charge on any atom is -0.455 e. The van der Waals surface area contributed by atoms with Gasteiger partial charge in [-0.3, -0.25) is 4.57 Å². The molecule has 0 atom stereocenters. The minimum atomic E-state index is 0.524. The molecule has 0 amide bonds. The summed E-state index contributed by atoms with van der Waals surface area (Å²) in [6.45, 7) is 0. The van der Waals surface area contributed by atoms with Gasteiger partial charge in [0.2, 0.25) is 5.95 Å². The van der Waals surface area contributed by atoms with Crippen LogP contribution in [0.5, 0.6) is 0 Å². The number of hydrogen-bond acceptors (Lipinski definition) is 7. The lowest BCUT2D eigenvalue weighted by Crippen LogP contribution is -2.06. The van der Waals surface area contributed by atoms with Crippen LogP contribution in [0, 0.1) is 0 Å². The van der Waals surface area contributed by atoms with E-state index in [9.17, 15) is 0 Å². The van der Waals surface area contributed by atoms with Crippen LogP contribution in [0.3, 0.4) is 0 Å². The van der Waals surface area contributed by atoms with E-state index in [1.54, 1.807) is 0 Å². The molecule has 0 N–H and O–H groups in total. The van der Waals surface area contributed by atoms with Gasteiger partial charge in [-0.15, -0.1) is 0 Å². The Balaban J connectivity index is 1.00. The van der Waals surface area contributed by atoms with E-state index in [0.29, 0.717) is 40.2 Å².